The van der Waals surface area contributed by atoms with Crippen LogP contribution in [0.15, 0.2) is 35.7 Å². The number of hydrogen-bond acceptors (Lipinski definition) is 6. The van der Waals surface area contributed by atoms with E-state index in [1.165, 1.54) is 10.9 Å². The van der Waals surface area contributed by atoms with Crippen LogP contribution in [-0.4, -0.2) is 46.2 Å². The van der Waals surface area contributed by atoms with E-state index in [0.717, 1.165) is 40.4 Å². The second-order valence-corrected chi connectivity index (χ2v) is 8.29. The smallest absolute Gasteiger partial charge is 0.191 e. The van der Waals surface area contributed by atoms with E-state index in [9.17, 15) is 0 Å². The third-order valence-electron chi connectivity index (χ3n) is 4.55. The summed E-state index contributed by atoms with van der Waals surface area (Å²) in [5.74, 6) is 1.59. The average molecular weight is 401 g/mol. The first-order valence-electron chi connectivity index (χ1n) is 8.91. The van der Waals surface area contributed by atoms with Crippen LogP contribution in [0.1, 0.15) is 17.5 Å². The lowest BCUT2D eigenvalue weighted by Crippen LogP contribution is -2.13. The molecule has 1 aliphatic rings. The van der Waals surface area contributed by atoms with E-state index >= 15 is 0 Å². The van der Waals surface area contributed by atoms with Gasteiger partial charge in [0.25, 0.3) is 0 Å². The highest BCUT2D eigenvalue weighted by molar-refractivity contribution is 7.99. The predicted octanol–water partition coefficient (Wildman–Crippen LogP) is 4.42. The van der Waals surface area contributed by atoms with E-state index in [1.54, 1.807) is 18.1 Å². The van der Waals surface area contributed by atoms with Crippen LogP contribution in [0.2, 0.25) is 5.02 Å². The molecule has 0 N–H and O–H groups in total. The Balaban J connectivity index is 1.70. The fourth-order valence-electron chi connectivity index (χ4n) is 3.36. The van der Waals surface area contributed by atoms with Crippen molar-refractivity contribution in [2.45, 2.75) is 24.8 Å². The predicted molar refractivity (Wildman–Crippen MR) is 110 cm³/mol. The number of halogens is 1. The van der Waals surface area contributed by atoms with Crippen molar-refractivity contribution in [1.29, 1.82) is 0 Å². The third kappa shape index (κ3) is 3.94. The summed E-state index contributed by atoms with van der Waals surface area (Å²) in [5.41, 5.74) is 3.17. The van der Waals surface area contributed by atoms with Crippen molar-refractivity contribution >= 4 is 34.1 Å². The molecule has 4 rings (SSSR count). The van der Waals surface area contributed by atoms with Crippen LogP contribution in [0.4, 0.5) is 0 Å². The van der Waals surface area contributed by atoms with Gasteiger partial charge in [-0.2, -0.15) is 0 Å². The van der Waals surface area contributed by atoms with Gasteiger partial charge < -0.3 is 9.64 Å². The minimum Gasteiger partial charge on any atom is -0.372 e. The molecule has 27 heavy (non-hydrogen) atoms. The van der Waals surface area contributed by atoms with E-state index in [2.05, 4.69) is 46.1 Å². The normalized spacial score (nSPS) is 13.5. The average Bonchev–Trinajstić information content (AvgIpc) is 2.66. The number of rotatable bonds is 6. The second-order valence-electron chi connectivity index (χ2n) is 6.82. The number of benzene rings is 2. The highest BCUT2D eigenvalue weighted by atomic mass is 35.5. The maximum absolute atomic E-state index is 6.64. The first kappa shape index (κ1) is 18.6. The Kier molecular flexibility index (Phi) is 5.59. The minimum absolute atomic E-state index is 0.581. The Bertz CT molecular complexity index is 980. The van der Waals surface area contributed by atoms with Crippen molar-refractivity contribution in [2.75, 3.05) is 26.4 Å². The number of ether oxygens (including phenoxy) is 1. The van der Waals surface area contributed by atoms with Crippen molar-refractivity contribution in [2.24, 2.45) is 0 Å². The number of hydrogen-bond donors (Lipinski definition) is 0. The van der Waals surface area contributed by atoms with Crippen LogP contribution >= 0.6 is 23.4 Å². The first-order chi connectivity index (χ1) is 13.1. The molecule has 140 valence electrons. The quantitative estimate of drug-likeness (QED) is 0.451. The van der Waals surface area contributed by atoms with E-state index in [1.807, 2.05) is 12.1 Å². The van der Waals surface area contributed by atoms with E-state index in [4.69, 9.17) is 16.3 Å². The maximum atomic E-state index is 6.64. The molecule has 0 aliphatic carbocycles. The summed E-state index contributed by atoms with van der Waals surface area (Å²) in [5, 5.41) is 3.67. The summed E-state index contributed by atoms with van der Waals surface area (Å²) in [6.45, 7) is 2.25. The molecule has 2 aromatic carbocycles. The van der Waals surface area contributed by atoms with Gasteiger partial charge in [0.05, 0.1) is 18.2 Å². The first-order valence-corrected chi connectivity index (χ1v) is 10.3. The molecule has 1 aliphatic heterocycles. The lowest BCUT2D eigenvalue weighted by Gasteiger charge is -2.20. The third-order valence-corrected chi connectivity index (χ3v) is 5.80. The zero-order valence-corrected chi connectivity index (χ0v) is 17.0. The Morgan fingerprint density at radius 2 is 2.04 bits per heavy atom. The standard InChI is InChI=1S/C20H21ClN4OS/c1-25(2)7-4-8-27-20-23-12-22-19(24-20)18-15-6-3-5-13-10-26-11-14(17(13)15)9-16(18)21/h3,5-6,9,12H,4,7-8,10-11H2,1-2H3. The summed E-state index contributed by atoms with van der Waals surface area (Å²) >= 11 is 8.30. The van der Waals surface area contributed by atoms with Gasteiger partial charge in [-0.15, -0.1) is 0 Å². The Hall–Kier alpha value is -1.73. The van der Waals surface area contributed by atoms with Crippen molar-refractivity contribution in [3.63, 3.8) is 0 Å². The van der Waals surface area contributed by atoms with Gasteiger partial charge in [0.1, 0.15) is 6.33 Å². The molecule has 0 fully saturated rings. The van der Waals surface area contributed by atoms with Crippen molar-refractivity contribution in [3.05, 3.63) is 46.7 Å². The van der Waals surface area contributed by atoms with Gasteiger partial charge in [-0.05, 0) is 55.0 Å². The zero-order valence-electron chi connectivity index (χ0n) is 15.4. The molecule has 5 nitrogen and oxygen atoms in total. The molecule has 0 unspecified atom stereocenters. The highest BCUT2D eigenvalue weighted by Gasteiger charge is 2.20. The Morgan fingerprint density at radius 1 is 1.19 bits per heavy atom. The molecule has 0 atom stereocenters. The topological polar surface area (TPSA) is 51.1 Å². The van der Waals surface area contributed by atoms with Gasteiger partial charge in [0, 0.05) is 11.3 Å². The molecule has 0 saturated heterocycles. The molecule has 2 heterocycles. The van der Waals surface area contributed by atoms with Crippen molar-refractivity contribution in [1.82, 2.24) is 19.9 Å². The van der Waals surface area contributed by atoms with Crippen LogP contribution in [0.5, 0.6) is 0 Å². The Morgan fingerprint density at radius 3 is 2.89 bits per heavy atom. The molecule has 1 aromatic heterocycles. The van der Waals surface area contributed by atoms with E-state index in [0.29, 0.717) is 24.1 Å². The molecule has 0 spiro atoms. The van der Waals surface area contributed by atoms with E-state index < -0.39 is 0 Å². The fourth-order valence-corrected chi connectivity index (χ4v) is 4.41. The lowest BCUT2D eigenvalue weighted by atomic mass is 9.94. The molecule has 0 amide bonds. The zero-order chi connectivity index (χ0) is 18.8. The van der Waals surface area contributed by atoms with Gasteiger partial charge in [-0.3, -0.25) is 0 Å². The molecular weight excluding hydrogens is 380 g/mol. The molecule has 0 saturated carbocycles. The van der Waals surface area contributed by atoms with Crippen LogP contribution < -0.4 is 0 Å². The summed E-state index contributed by atoms with van der Waals surface area (Å²) in [6.07, 6.45) is 2.66. The van der Waals surface area contributed by atoms with Gasteiger partial charge in [-0.25, -0.2) is 15.0 Å². The van der Waals surface area contributed by atoms with Gasteiger partial charge >= 0.3 is 0 Å². The summed E-state index contributed by atoms with van der Waals surface area (Å²) in [6, 6.07) is 8.20. The molecule has 3 aromatic rings. The maximum Gasteiger partial charge on any atom is 0.191 e. The number of thioether (sulfide) groups is 1. The van der Waals surface area contributed by atoms with Crippen LogP contribution in [-0.2, 0) is 18.0 Å². The highest BCUT2D eigenvalue weighted by Crippen LogP contribution is 2.39. The van der Waals surface area contributed by atoms with Crippen LogP contribution in [0.25, 0.3) is 22.2 Å². The molecule has 7 heteroatoms. The second kappa shape index (κ2) is 8.10. The van der Waals surface area contributed by atoms with Gasteiger partial charge in [0.15, 0.2) is 11.0 Å². The SMILES string of the molecule is CN(C)CCCSc1ncnc(-c2c(Cl)cc3c4c(cccc24)COC3)n1. The molecule has 0 bridgehead atoms. The molecular formula is C20H21ClN4OS. The minimum atomic E-state index is 0.581. The largest absolute Gasteiger partial charge is 0.372 e. The van der Waals surface area contributed by atoms with Gasteiger partial charge in [-0.1, -0.05) is 41.6 Å². The van der Waals surface area contributed by atoms with Crippen LogP contribution in [0.3, 0.4) is 0 Å². The lowest BCUT2D eigenvalue weighted by molar-refractivity contribution is 0.103. The van der Waals surface area contributed by atoms with Crippen LogP contribution in [0, 0.1) is 0 Å². The van der Waals surface area contributed by atoms with Gasteiger partial charge in [0.2, 0.25) is 0 Å². The monoisotopic (exact) mass is 400 g/mol. The van der Waals surface area contributed by atoms with Crippen molar-refractivity contribution < 1.29 is 4.74 Å². The molecule has 0 radical (unpaired) electrons. The summed E-state index contributed by atoms with van der Waals surface area (Å²) < 4.78 is 5.67. The fraction of sp³-hybridized carbons (Fsp3) is 0.350. The summed E-state index contributed by atoms with van der Waals surface area (Å²) in [4.78, 5) is 15.6. The van der Waals surface area contributed by atoms with Crippen molar-refractivity contribution in [3.8, 4) is 11.4 Å². The Labute approximate surface area is 168 Å². The summed E-state index contributed by atoms with van der Waals surface area (Å²) in [7, 11) is 4.16. The number of nitrogens with zero attached hydrogens (tertiary/aromatic N) is 4. The van der Waals surface area contributed by atoms with E-state index in [-0.39, 0.29) is 0 Å². The number of aromatic nitrogens is 3.